The van der Waals surface area contributed by atoms with Crippen LogP contribution < -0.4 is 4.74 Å². The Balaban J connectivity index is 2.65. The summed E-state index contributed by atoms with van der Waals surface area (Å²) < 4.78 is 11.4. The lowest BCUT2D eigenvalue weighted by Gasteiger charge is -2.03. The van der Waals surface area contributed by atoms with Gasteiger partial charge < -0.3 is 14.3 Å². The Morgan fingerprint density at radius 1 is 1.50 bits per heavy atom. The van der Waals surface area contributed by atoms with E-state index in [1.54, 1.807) is 12.1 Å². The zero-order chi connectivity index (χ0) is 11.7. The van der Waals surface area contributed by atoms with Crippen LogP contribution in [-0.2, 0) is 0 Å². The van der Waals surface area contributed by atoms with Crippen LogP contribution in [-0.4, -0.2) is 17.7 Å². The molecular weight excluding hydrogens is 276 g/mol. The average molecular weight is 285 g/mol. The lowest BCUT2D eigenvalue weighted by molar-refractivity contribution is 0.0665. The van der Waals surface area contributed by atoms with E-state index >= 15 is 0 Å². The number of benzene rings is 1. The van der Waals surface area contributed by atoms with Gasteiger partial charge in [-0.05, 0) is 25.1 Å². The number of furan rings is 1. The molecule has 1 aromatic heterocycles. The van der Waals surface area contributed by atoms with Gasteiger partial charge in [-0.2, -0.15) is 0 Å². The summed E-state index contributed by atoms with van der Waals surface area (Å²) in [6, 6.07) is 5.01. The second kappa shape index (κ2) is 4.17. The summed E-state index contributed by atoms with van der Waals surface area (Å²) in [7, 11) is 0. The molecule has 4 nitrogen and oxygen atoms in total. The predicted molar refractivity (Wildman–Crippen MR) is 62.0 cm³/mol. The van der Waals surface area contributed by atoms with Gasteiger partial charge in [0.1, 0.15) is 0 Å². The standard InChI is InChI=1S/C11H9BrO4/c1-2-15-8-5-7(12)3-6-4-9(11(13)14)16-10(6)8/h3-5H,2H2,1H3,(H,13,14). The second-order valence-electron chi connectivity index (χ2n) is 3.17. The summed E-state index contributed by atoms with van der Waals surface area (Å²) in [4.78, 5) is 10.8. The minimum Gasteiger partial charge on any atom is -0.490 e. The maximum atomic E-state index is 10.8. The van der Waals surface area contributed by atoms with Crippen molar-refractivity contribution in [2.24, 2.45) is 0 Å². The fraction of sp³-hybridized carbons (Fsp3) is 0.182. The molecule has 2 rings (SSSR count). The molecule has 16 heavy (non-hydrogen) atoms. The van der Waals surface area contributed by atoms with Gasteiger partial charge in [-0.1, -0.05) is 15.9 Å². The summed E-state index contributed by atoms with van der Waals surface area (Å²) in [6.45, 7) is 2.35. The number of carboxylic acids is 1. The zero-order valence-corrected chi connectivity index (χ0v) is 10.1. The van der Waals surface area contributed by atoms with Gasteiger partial charge in [0.25, 0.3) is 0 Å². The highest BCUT2D eigenvalue weighted by Gasteiger charge is 2.14. The normalized spacial score (nSPS) is 10.6. The third-order valence-corrected chi connectivity index (χ3v) is 2.52. The minimum absolute atomic E-state index is 0.0888. The lowest BCUT2D eigenvalue weighted by Crippen LogP contribution is -1.92. The molecule has 0 spiro atoms. The van der Waals surface area contributed by atoms with Gasteiger partial charge in [-0.15, -0.1) is 0 Å². The molecule has 2 aromatic rings. The maximum Gasteiger partial charge on any atom is 0.371 e. The van der Waals surface area contributed by atoms with Gasteiger partial charge in [-0.25, -0.2) is 4.79 Å². The molecule has 0 bridgehead atoms. The first-order valence-corrected chi connectivity index (χ1v) is 5.50. The smallest absolute Gasteiger partial charge is 0.371 e. The van der Waals surface area contributed by atoms with Crippen LogP contribution in [0, 0.1) is 0 Å². The van der Waals surface area contributed by atoms with Gasteiger partial charge in [0.2, 0.25) is 5.76 Å². The lowest BCUT2D eigenvalue weighted by atomic mass is 10.2. The Kier molecular flexibility index (Phi) is 2.87. The molecule has 1 N–H and O–H groups in total. The molecule has 0 radical (unpaired) electrons. The fourth-order valence-corrected chi connectivity index (χ4v) is 1.91. The van der Waals surface area contributed by atoms with E-state index in [1.807, 2.05) is 6.92 Å². The highest BCUT2D eigenvalue weighted by Crippen LogP contribution is 2.32. The van der Waals surface area contributed by atoms with E-state index < -0.39 is 5.97 Å². The first-order chi connectivity index (χ1) is 7.61. The van der Waals surface area contributed by atoms with Crippen LogP contribution in [0.1, 0.15) is 17.5 Å². The van der Waals surface area contributed by atoms with Gasteiger partial charge in [-0.3, -0.25) is 0 Å². The van der Waals surface area contributed by atoms with Crippen molar-refractivity contribution in [3.8, 4) is 5.75 Å². The SMILES string of the molecule is CCOc1cc(Br)cc2cc(C(=O)O)oc12. The molecule has 0 saturated carbocycles. The largest absolute Gasteiger partial charge is 0.490 e. The fourth-order valence-electron chi connectivity index (χ4n) is 1.45. The van der Waals surface area contributed by atoms with Crippen molar-refractivity contribution < 1.29 is 19.1 Å². The monoisotopic (exact) mass is 284 g/mol. The number of carboxylic acid groups (broad SMARTS) is 1. The Morgan fingerprint density at radius 3 is 2.88 bits per heavy atom. The molecule has 84 valence electrons. The van der Waals surface area contributed by atoms with Crippen molar-refractivity contribution in [3.63, 3.8) is 0 Å². The number of carbonyl (C=O) groups is 1. The van der Waals surface area contributed by atoms with Crippen molar-refractivity contribution in [2.75, 3.05) is 6.61 Å². The van der Waals surface area contributed by atoms with Crippen LogP contribution in [0.3, 0.4) is 0 Å². The van der Waals surface area contributed by atoms with Crippen LogP contribution in [0.5, 0.6) is 5.75 Å². The highest BCUT2D eigenvalue weighted by atomic mass is 79.9. The second-order valence-corrected chi connectivity index (χ2v) is 4.09. The maximum absolute atomic E-state index is 10.8. The third kappa shape index (κ3) is 1.90. The van der Waals surface area contributed by atoms with Crippen LogP contribution in [0.25, 0.3) is 11.0 Å². The topological polar surface area (TPSA) is 59.7 Å². The van der Waals surface area contributed by atoms with E-state index in [9.17, 15) is 4.79 Å². The Morgan fingerprint density at radius 2 is 2.25 bits per heavy atom. The molecule has 0 aliphatic heterocycles. The Labute approximate surface area is 99.9 Å². The van der Waals surface area contributed by atoms with Crippen molar-refractivity contribution in [3.05, 3.63) is 28.4 Å². The van der Waals surface area contributed by atoms with Crippen LogP contribution in [0.15, 0.2) is 27.1 Å². The van der Waals surface area contributed by atoms with E-state index in [0.717, 1.165) is 4.47 Å². The van der Waals surface area contributed by atoms with Crippen LogP contribution >= 0.6 is 15.9 Å². The summed E-state index contributed by atoms with van der Waals surface area (Å²) >= 11 is 3.33. The van der Waals surface area contributed by atoms with Crippen molar-refractivity contribution in [1.82, 2.24) is 0 Å². The van der Waals surface area contributed by atoms with Crippen LogP contribution in [0.2, 0.25) is 0 Å². The molecule has 1 aromatic carbocycles. The van der Waals surface area contributed by atoms with Gasteiger partial charge in [0, 0.05) is 9.86 Å². The molecule has 0 fully saturated rings. The minimum atomic E-state index is -1.09. The van der Waals surface area contributed by atoms with Crippen molar-refractivity contribution in [2.45, 2.75) is 6.92 Å². The van der Waals surface area contributed by atoms with E-state index in [1.165, 1.54) is 6.07 Å². The number of rotatable bonds is 3. The molecule has 1 heterocycles. The van der Waals surface area contributed by atoms with E-state index in [2.05, 4.69) is 15.9 Å². The molecule has 0 amide bonds. The van der Waals surface area contributed by atoms with Crippen molar-refractivity contribution in [1.29, 1.82) is 0 Å². The number of aromatic carboxylic acids is 1. The number of ether oxygens (including phenoxy) is 1. The number of halogens is 1. The summed E-state index contributed by atoms with van der Waals surface area (Å²) in [5.74, 6) is -0.636. The predicted octanol–water partition coefficient (Wildman–Crippen LogP) is 3.29. The van der Waals surface area contributed by atoms with E-state index in [0.29, 0.717) is 23.3 Å². The summed E-state index contributed by atoms with van der Waals surface area (Å²) in [5.41, 5.74) is 0.461. The molecule has 0 aliphatic carbocycles. The molecule has 0 aliphatic rings. The Bertz CT molecular complexity index is 544. The number of hydrogen-bond donors (Lipinski definition) is 1. The first kappa shape index (κ1) is 11.0. The van der Waals surface area contributed by atoms with Gasteiger partial charge in [0.15, 0.2) is 11.3 Å². The third-order valence-electron chi connectivity index (χ3n) is 2.06. The molecule has 0 atom stereocenters. The van der Waals surface area contributed by atoms with Gasteiger partial charge in [0.05, 0.1) is 6.61 Å². The molecular formula is C11H9BrO4. The van der Waals surface area contributed by atoms with Crippen molar-refractivity contribution >= 4 is 32.9 Å². The molecule has 0 saturated heterocycles. The Hall–Kier alpha value is -1.49. The quantitative estimate of drug-likeness (QED) is 0.940. The van der Waals surface area contributed by atoms with E-state index in [-0.39, 0.29) is 5.76 Å². The highest BCUT2D eigenvalue weighted by molar-refractivity contribution is 9.10. The van der Waals surface area contributed by atoms with E-state index in [4.69, 9.17) is 14.3 Å². The molecule has 5 heteroatoms. The number of fused-ring (bicyclic) bond motifs is 1. The van der Waals surface area contributed by atoms with Crippen LogP contribution in [0.4, 0.5) is 0 Å². The average Bonchev–Trinajstić information content (AvgIpc) is 2.61. The molecule has 0 unspecified atom stereocenters. The zero-order valence-electron chi connectivity index (χ0n) is 8.49. The summed E-state index contributed by atoms with van der Waals surface area (Å²) in [5, 5.41) is 9.53. The number of hydrogen-bond acceptors (Lipinski definition) is 3. The van der Waals surface area contributed by atoms with Gasteiger partial charge >= 0.3 is 5.97 Å². The summed E-state index contributed by atoms with van der Waals surface area (Å²) in [6.07, 6.45) is 0. The first-order valence-electron chi connectivity index (χ1n) is 4.71.